The van der Waals surface area contributed by atoms with Crippen molar-refractivity contribution in [1.29, 1.82) is 0 Å². The number of carbonyl (C=O) groups excluding carboxylic acids is 2. The van der Waals surface area contributed by atoms with Gasteiger partial charge in [0.05, 0.1) is 7.11 Å². The second kappa shape index (κ2) is 10.0. The van der Waals surface area contributed by atoms with E-state index in [1.165, 1.54) is 7.11 Å². The van der Waals surface area contributed by atoms with Crippen LogP contribution in [-0.4, -0.2) is 32.1 Å². The van der Waals surface area contributed by atoms with E-state index in [1.807, 2.05) is 6.92 Å². The second-order valence-electron chi connectivity index (χ2n) is 4.28. The highest BCUT2D eigenvalue weighted by Crippen LogP contribution is 2.21. The van der Waals surface area contributed by atoms with E-state index in [9.17, 15) is 9.59 Å². The summed E-state index contributed by atoms with van der Waals surface area (Å²) in [6.07, 6.45) is 1.06. The largest absolute Gasteiger partial charge is 0.482 e. The molecule has 3 N–H and O–H groups in total. The van der Waals surface area contributed by atoms with Crippen molar-refractivity contribution in [3.8, 4) is 5.75 Å². The van der Waals surface area contributed by atoms with E-state index in [2.05, 4.69) is 10.1 Å². The van der Waals surface area contributed by atoms with Gasteiger partial charge in [-0.2, -0.15) is 0 Å². The summed E-state index contributed by atoms with van der Waals surface area (Å²) in [4.78, 5) is 22.6. The molecule has 1 aromatic carbocycles. The van der Waals surface area contributed by atoms with E-state index in [1.54, 1.807) is 18.2 Å². The van der Waals surface area contributed by atoms with Crippen molar-refractivity contribution in [2.75, 3.05) is 25.6 Å². The van der Waals surface area contributed by atoms with Crippen LogP contribution in [0.25, 0.3) is 0 Å². The quantitative estimate of drug-likeness (QED) is 0.746. The molecule has 0 atom stereocenters. The molecule has 118 valence electrons. The Hall–Kier alpha value is -1.79. The zero-order valence-corrected chi connectivity index (χ0v) is 13.0. The van der Waals surface area contributed by atoms with Gasteiger partial charge >= 0.3 is 5.97 Å². The third kappa shape index (κ3) is 6.97. The Morgan fingerprint density at radius 2 is 2.05 bits per heavy atom. The lowest BCUT2D eigenvalue weighted by Crippen LogP contribution is -2.14. The Bertz CT molecular complexity index is 480. The molecular weight excluding hydrogens is 296 g/mol. The van der Waals surface area contributed by atoms with Gasteiger partial charge in [-0.25, -0.2) is 4.79 Å². The summed E-state index contributed by atoms with van der Waals surface area (Å²) in [6, 6.07) is 5.18. The van der Waals surface area contributed by atoms with E-state index in [4.69, 9.17) is 10.5 Å². The molecule has 0 bridgehead atoms. The molecule has 0 saturated carbocycles. The number of anilines is 1. The van der Waals surface area contributed by atoms with E-state index in [0.29, 0.717) is 25.1 Å². The number of carbonyl (C=O) groups is 2. The second-order valence-corrected chi connectivity index (χ2v) is 4.28. The van der Waals surface area contributed by atoms with Crippen LogP contribution in [0.4, 0.5) is 5.69 Å². The molecule has 1 rings (SSSR count). The minimum Gasteiger partial charge on any atom is -0.482 e. The molecule has 7 heteroatoms. The molecule has 0 aliphatic carbocycles. The van der Waals surface area contributed by atoms with Gasteiger partial charge in [-0.15, -0.1) is 12.4 Å². The van der Waals surface area contributed by atoms with Gasteiger partial charge in [0.2, 0.25) is 5.91 Å². The van der Waals surface area contributed by atoms with Crippen molar-refractivity contribution < 1.29 is 19.1 Å². The number of aryl methyl sites for hydroxylation is 1. The predicted molar refractivity (Wildman–Crippen MR) is 82.9 cm³/mol. The molecule has 0 fully saturated rings. The first-order valence-electron chi connectivity index (χ1n) is 6.37. The van der Waals surface area contributed by atoms with Crippen LogP contribution in [0.3, 0.4) is 0 Å². The first-order chi connectivity index (χ1) is 9.56. The molecular formula is C14H21ClN2O4. The SMILES string of the molecule is COC(=O)COc1ccc(NC(=O)CCCN)c(C)c1.Cl. The highest BCUT2D eigenvalue weighted by Gasteiger charge is 2.07. The molecule has 0 aliphatic heterocycles. The number of benzene rings is 1. The molecule has 1 amide bonds. The maximum absolute atomic E-state index is 11.6. The summed E-state index contributed by atoms with van der Waals surface area (Å²) >= 11 is 0. The summed E-state index contributed by atoms with van der Waals surface area (Å²) in [5.74, 6) is 0.0384. The third-order valence-electron chi connectivity index (χ3n) is 2.66. The van der Waals surface area contributed by atoms with Gasteiger partial charge in [-0.05, 0) is 43.7 Å². The van der Waals surface area contributed by atoms with Gasteiger partial charge in [-0.1, -0.05) is 0 Å². The molecule has 6 nitrogen and oxygen atoms in total. The van der Waals surface area contributed by atoms with Gasteiger partial charge < -0.3 is 20.5 Å². The molecule has 0 radical (unpaired) electrons. The van der Waals surface area contributed by atoms with E-state index in [-0.39, 0.29) is 24.9 Å². The number of ether oxygens (including phenoxy) is 2. The first kappa shape index (κ1) is 19.2. The van der Waals surface area contributed by atoms with Crippen molar-refractivity contribution in [3.05, 3.63) is 23.8 Å². The molecule has 0 heterocycles. The van der Waals surface area contributed by atoms with Crippen LogP contribution in [0.2, 0.25) is 0 Å². The molecule has 21 heavy (non-hydrogen) atoms. The van der Waals surface area contributed by atoms with Crippen LogP contribution in [0.1, 0.15) is 18.4 Å². The highest BCUT2D eigenvalue weighted by atomic mass is 35.5. The van der Waals surface area contributed by atoms with Crippen LogP contribution in [0.5, 0.6) is 5.75 Å². The monoisotopic (exact) mass is 316 g/mol. The van der Waals surface area contributed by atoms with Crippen LogP contribution in [-0.2, 0) is 14.3 Å². The molecule has 0 saturated heterocycles. The van der Waals surface area contributed by atoms with Crippen molar-refractivity contribution in [2.24, 2.45) is 5.73 Å². The summed E-state index contributed by atoms with van der Waals surface area (Å²) in [7, 11) is 1.30. The number of rotatable bonds is 7. The van der Waals surface area contributed by atoms with Gasteiger partial charge in [0, 0.05) is 12.1 Å². The van der Waals surface area contributed by atoms with Gasteiger partial charge in [-0.3, -0.25) is 4.79 Å². The summed E-state index contributed by atoms with van der Waals surface area (Å²) in [6.45, 7) is 2.20. The predicted octanol–water partition coefficient (Wildman–Crippen LogP) is 1.65. The van der Waals surface area contributed by atoms with Crippen LogP contribution >= 0.6 is 12.4 Å². The van der Waals surface area contributed by atoms with Crippen LogP contribution in [0, 0.1) is 6.92 Å². The number of hydrogen-bond donors (Lipinski definition) is 2. The lowest BCUT2D eigenvalue weighted by Gasteiger charge is -2.10. The fourth-order valence-electron chi connectivity index (χ4n) is 1.54. The zero-order valence-electron chi connectivity index (χ0n) is 12.2. The molecule has 0 unspecified atom stereocenters. The standard InChI is InChI=1S/C14H20N2O4.ClH/c1-10-8-11(20-9-14(18)19-2)5-6-12(10)16-13(17)4-3-7-15;/h5-6,8H,3-4,7,9,15H2,1-2H3,(H,16,17);1H. The van der Waals surface area contributed by atoms with E-state index in [0.717, 1.165) is 11.3 Å². The first-order valence-corrected chi connectivity index (χ1v) is 6.37. The smallest absolute Gasteiger partial charge is 0.343 e. The van der Waals surface area contributed by atoms with Crippen molar-refractivity contribution >= 4 is 30.0 Å². The third-order valence-corrected chi connectivity index (χ3v) is 2.66. The highest BCUT2D eigenvalue weighted by molar-refractivity contribution is 5.91. The zero-order chi connectivity index (χ0) is 15.0. The number of methoxy groups -OCH3 is 1. The molecule has 0 spiro atoms. The normalized spacial score (nSPS) is 9.48. The van der Waals surface area contributed by atoms with E-state index >= 15 is 0 Å². The molecule has 0 aromatic heterocycles. The van der Waals surface area contributed by atoms with E-state index < -0.39 is 5.97 Å². The maximum atomic E-state index is 11.6. The van der Waals surface area contributed by atoms with Crippen LogP contribution < -0.4 is 15.8 Å². The Morgan fingerprint density at radius 3 is 2.62 bits per heavy atom. The van der Waals surface area contributed by atoms with Crippen molar-refractivity contribution in [1.82, 2.24) is 0 Å². The van der Waals surface area contributed by atoms with Gasteiger partial charge in [0.25, 0.3) is 0 Å². The van der Waals surface area contributed by atoms with Crippen LogP contribution in [0.15, 0.2) is 18.2 Å². The number of amides is 1. The minimum atomic E-state index is -0.443. The summed E-state index contributed by atoms with van der Waals surface area (Å²) < 4.78 is 9.75. The fourth-order valence-corrected chi connectivity index (χ4v) is 1.54. The maximum Gasteiger partial charge on any atom is 0.343 e. The number of halogens is 1. The van der Waals surface area contributed by atoms with Crippen molar-refractivity contribution in [3.63, 3.8) is 0 Å². The Balaban J connectivity index is 0.00000400. The fraction of sp³-hybridized carbons (Fsp3) is 0.429. The number of hydrogen-bond acceptors (Lipinski definition) is 5. The van der Waals surface area contributed by atoms with Gasteiger partial charge in [0.1, 0.15) is 5.75 Å². The Morgan fingerprint density at radius 1 is 1.33 bits per heavy atom. The Kier molecular flexibility index (Phi) is 9.16. The average Bonchev–Trinajstić information content (AvgIpc) is 2.45. The Labute approximate surface area is 130 Å². The summed E-state index contributed by atoms with van der Waals surface area (Å²) in [5, 5.41) is 2.81. The average molecular weight is 317 g/mol. The molecule has 1 aromatic rings. The number of esters is 1. The minimum absolute atomic E-state index is 0. The number of nitrogens with two attached hydrogens (primary N) is 1. The topological polar surface area (TPSA) is 90.6 Å². The summed E-state index contributed by atoms with van der Waals surface area (Å²) in [5.41, 5.74) is 6.93. The number of nitrogens with one attached hydrogen (secondary N) is 1. The molecule has 0 aliphatic rings. The van der Waals surface area contributed by atoms with Crippen molar-refractivity contribution in [2.45, 2.75) is 19.8 Å². The lowest BCUT2D eigenvalue weighted by atomic mass is 10.2. The lowest BCUT2D eigenvalue weighted by molar-refractivity contribution is -0.142. The van der Waals surface area contributed by atoms with Gasteiger partial charge in [0.15, 0.2) is 6.61 Å².